The van der Waals surface area contributed by atoms with Gasteiger partial charge in [0.2, 0.25) is 5.88 Å². The van der Waals surface area contributed by atoms with Crippen molar-refractivity contribution in [3.05, 3.63) is 42.0 Å². The van der Waals surface area contributed by atoms with Crippen LogP contribution in [0.1, 0.15) is 18.9 Å². The van der Waals surface area contributed by atoms with Crippen LogP contribution in [0.4, 0.5) is 17.2 Å². The van der Waals surface area contributed by atoms with Gasteiger partial charge >= 0.3 is 0 Å². The maximum atomic E-state index is 5.88. The average molecular weight is 271 g/mol. The van der Waals surface area contributed by atoms with E-state index >= 15 is 0 Å². The van der Waals surface area contributed by atoms with Crippen LogP contribution in [-0.4, -0.2) is 18.6 Å². The Labute approximate surface area is 120 Å². The number of ether oxygens (including phenoxy) is 1. The molecule has 2 aromatic rings. The van der Waals surface area contributed by atoms with Gasteiger partial charge in [-0.2, -0.15) is 4.98 Å². The highest BCUT2D eigenvalue weighted by molar-refractivity contribution is 5.63. The van der Waals surface area contributed by atoms with Crippen LogP contribution in [0.2, 0.25) is 0 Å². The standard InChI is InChI=1S/C16H21N3O/c1-4-11-20-16-14(17)9-10-15(18-16)19(3)13-7-5-12(2)6-8-13/h5-10H,4,11,17H2,1-3H3. The first-order valence-corrected chi connectivity index (χ1v) is 6.81. The highest BCUT2D eigenvalue weighted by Gasteiger charge is 2.09. The highest BCUT2D eigenvalue weighted by Crippen LogP contribution is 2.27. The second-order valence-electron chi connectivity index (χ2n) is 4.81. The maximum absolute atomic E-state index is 5.88. The fourth-order valence-corrected chi connectivity index (χ4v) is 1.84. The van der Waals surface area contributed by atoms with Crippen LogP contribution in [0.25, 0.3) is 0 Å². The van der Waals surface area contributed by atoms with Crippen molar-refractivity contribution in [1.82, 2.24) is 4.98 Å². The van der Waals surface area contributed by atoms with Gasteiger partial charge in [-0.15, -0.1) is 0 Å². The molecule has 1 aromatic carbocycles. The summed E-state index contributed by atoms with van der Waals surface area (Å²) in [5.74, 6) is 1.32. The summed E-state index contributed by atoms with van der Waals surface area (Å²) in [5.41, 5.74) is 8.77. The van der Waals surface area contributed by atoms with E-state index < -0.39 is 0 Å². The number of nitrogens with zero attached hydrogens (tertiary/aromatic N) is 2. The van der Waals surface area contributed by atoms with E-state index in [-0.39, 0.29) is 0 Å². The van der Waals surface area contributed by atoms with Gasteiger partial charge in [0.05, 0.1) is 12.3 Å². The Morgan fingerprint density at radius 1 is 1.15 bits per heavy atom. The predicted octanol–water partition coefficient (Wildman–Crippen LogP) is 3.53. The molecule has 0 aliphatic rings. The molecule has 0 fully saturated rings. The molecule has 106 valence electrons. The Morgan fingerprint density at radius 3 is 2.50 bits per heavy atom. The molecule has 1 aromatic heterocycles. The lowest BCUT2D eigenvalue weighted by Gasteiger charge is -2.19. The smallest absolute Gasteiger partial charge is 0.239 e. The molecule has 0 amide bonds. The van der Waals surface area contributed by atoms with E-state index in [1.165, 1.54) is 5.56 Å². The minimum absolute atomic E-state index is 0.503. The Balaban J connectivity index is 2.25. The molecule has 0 aliphatic heterocycles. The normalized spacial score (nSPS) is 10.3. The molecule has 0 bridgehead atoms. The zero-order chi connectivity index (χ0) is 14.5. The van der Waals surface area contributed by atoms with Crippen molar-refractivity contribution in [2.24, 2.45) is 0 Å². The topological polar surface area (TPSA) is 51.4 Å². The summed E-state index contributed by atoms with van der Waals surface area (Å²) < 4.78 is 5.57. The van der Waals surface area contributed by atoms with Crippen LogP contribution in [0.5, 0.6) is 5.88 Å². The van der Waals surface area contributed by atoms with Crippen LogP contribution >= 0.6 is 0 Å². The molecular formula is C16H21N3O. The third-order valence-electron chi connectivity index (χ3n) is 3.08. The van der Waals surface area contributed by atoms with Gasteiger partial charge in [0, 0.05) is 12.7 Å². The molecule has 2 rings (SSSR count). The van der Waals surface area contributed by atoms with Crippen molar-refractivity contribution in [1.29, 1.82) is 0 Å². The van der Waals surface area contributed by atoms with Crippen LogP contribution in [0.15, 0.2) is 36.4 Å². The molecule has 0 saturated heterocycles. The van der Waals surface area contributed by atoms with E-state index in [1.807, 2.05) is 24.1 Å². The first-order chi connectivity index (χ1) is 9.61. The summed E-state index contributed by atoms with van der Waals surface area (Å²) in [7, 11) is 1.98. The van der Waals surface area contributed by atoms with E-state index in [2.05, 4.69) is 43.1 Å². The number of pyridine rings is 1. The van der Waals surface area contributed by atoms with Gasteiger partial charge in [-0.25, -0.2) is 0 Å². The second kappa shape index (κ2) is 6.28. The number of nitrogen functional groups attached to an aromatic ring is 1. The summed E-state index contributed by atoms with van der Waals surface area (Å²) in [6, 6.07) is 12.0. The number of rotatable bonds is 5. The second-order valence-corrected chi connectivity index (χ2v) is 4.81. The predicted molar refractivity (Wildman–Crippen MR) is 83.7 cm³/mol. The molecule has 0 saturated carbocycles. The summed E-state index contributed by atoms with van der Waals surface area (Å²) in [5, 5.41) is 0. The van der Waals surface area contributed by atoms with Gasteiger partial charge in [-0.1, -0.05) is 24.6 Å². The molecule has 0 spiro atoms. The van der Waals surface area contributed by atoms with E-state index in [0.29, 0.717) is 18.2 Å². The zero-order valence-electron chi connectivity index (χ0n) is 12.3. The van der Waals surface area contributed by atoms with Crippen molar-refractivity contribution in [3.63, 3.8) is 0 Å². The van der Waals surface area contributed by atoms with Crippen LogP contribution in [0.3, 0.4) is 0 Å². The molecule has 0 aliphatic carbocycles. The summed E-state index contributed by atoms with van der Waals surface area (Å²) in [6.45, 7) is 4.75. The SMILES string of the molecule is CCCOc1nc(N(C)c2ccc(C)cc2)ccc1N. The van der Waals surface area contributed by atoms with Crippen LogP contribution in [-0.2, 0) is 0 Å². The van der Waals surface area contributed by atoms with E-state index in [9.17, 15) is 0 Å². The molecule has 0 atom stereocenters. The molecule has 0 unspecified atom stereocenters. The zero-order valence-corrected chi connectivity index (χ0v) is 12.3. The van der Waals surface area contributed by atoms with Crippen molar-refractivity contribution in [2.45, 2.75) is 20.3 Å². The number of hydrogen-bond acceptors (Lipinski definition) is 4. The summed E-state index contributed by atoms with van der Waals surface area (Å²) in [4.78, 5) is 6.50. The number of aryl methyl sites for hydroxylation is 1. The molecular weight excluding hydrogens is 250 g/mol. The van der Waals surface area contributed by atoms with Crippen molar-refractivity contribution < 1.29 is 4.74 Å². The first kappa shape index (κ1) is 14.2. The summed E-state index contributed by atoms with van der Waals surface area (Å²) >= 11 is 0. The number of nitrogens with two attached hydrogens (primary N) is 1. The minimum Gasteiger partial charge on any atom is -0.476 e. The van der Waals surface area contributed by atoms with Gasteiger partial charge < -0.3 is 15.4 Å². The van der Waals surface area contributed by atoms with Crippen molar-refractivity contribution in [2.75, 3.05) is 24.3 Å². The van der Waals surface area contributed by atoms with E-state index in [1.54, 1.807) is 0 Å². The van der Waals surface area contributed by atoms with Crippen molar-refractivity contribution >= 4 is 17.2 Å². The van der Waals surface area contributed by atoms with Crippen molar-refractivity contribution in [3.8, 4) is 5.88 Å². The fourth-order valence-electron chi connectivity index (χ4n) is 1.84. The molecule has 0 radical (unpaired) electrons. The maximum Gasteiger partial charge on any atom is 0.239 e. The molecule has 2 N–H and O–H groups in total. The van der Waals surface area contributed by atoms with Gasteiger partial charge in [0.15, 0.2) is 0 Å². The first-order valence-electron chi connectivity index (χ1n) is 6.81. The molecule has 20 heavy (non-hydrogen) atoms. The Bertz CT molecular complexity index is 566. The van der Waals surface area contributed by atoms with Crippen LogP contribution < -0.4 is 15.4 Å². The van der Waals surface area contributed by atoms with Gasteiger partial charge in [-0.05, 0) is 37.6 Å². The summed E-state index contributed by atoms with van der Waals surface area (Å²) in [6.07, 6.45) is 0.930. The lowest BCUT2D eigenvalue weighted by atomic mass is 10.2. The Kier molecular flexibility index (Phi) is 4.45. The third kappa shape index (κ3) is 3.20. The van der Waals surface area contributed by atoms with Gasteiger partial charge in [-0.3, -0.25) is 0 Å². The quantitative estimate of drug-likeness (QED) is 0.904. The largest absolute Gasteiger partial charge is 0.476 e. The number of benzene rings is 1. The number of anilines is 3. The highest BCUT2D eigenvalue weighted by atomic mass is 16.5. The average Bonchev–Trinajstić information content (AvgIpc) is 2.46. The lowest BCUT2D eigenvalue weighted by Crippen LogP contribution is -2.12. The monoisotopic (exact) mass is 271 g/mol. The third-order valence-corrected chi connectivity index (χ3v) is 3.08. The minimum atomic E-state index is 0.503. The molecule has 4 nitrogen and oxygen atoms in total. The van der Waals surface area contributed by atoms with E-state index in [0.717, 1.165) is 17.9 Å². The fraction of sp³-hybridized carbons (Fsp3) is 0.312. The Morgan fingerprint density at radius 2 is 1.85 bits per heavy atom. The Hall–Kier alpha value is -2.23. The molecule has 4 heteroatoms. The van der Waals surface area contributed by atoms with Gasteiger partial charge in [0.1, 0.15) is 5.82 Å². The molecule has 1 heterocycles. The number of hydrogen-bond donors (Lipinski definition) is 1. The van der Waals surface area contributed by atoms with E-state index in [4.69, 9.17) is 10.5 Å². The number of aromatic nitrogens is 1. The van der Waals surface area contributed by atoms with Crippen LogP contribution in [0, 0.1) is 6.92 Å². The lowest BCUT2D eigenvalue weighted by molar-refractivity contribution is 0.307. The van der Waals surface area contributed by atoms with Gasteiger partial charge in [0.25, 0.3) is 0 Å².